The van der Waals surface area contributed by atoms with Gasteiger partial charge in [0.2, 0.25) is 12.4 Å². The Balaban J connectivity index is 1.61. The molecule has 1 fully saturated rings. The van der Waals surface area contributed by atoms with Crippen LogP contribution in [0.15, 0.2) is 36.5 Å². The Labute approximate surface area is 150 Å². The highest BCUT2D eigenvalue weighted by Gasteiger charge is 2.19. The third-order valence-corrected chi connectivity index (χ3v) is 4.24. The first kappa shape index (κ1) is 17.2. The number of halogens is 1. The fraction of sp³-hybridized carbons (Fsp3) is 0.294. The Hall–Kier alpha value is -2.67. The van der Waals surface area contributed by atoms with Crippen LogP contribution in [0.2, 0.25) is 5.02 Å². The van der Waals surface area contributed by atoms with Crippen molar-refractivity contribution in [1.29, 1.82) is 0 Å². The summed E-state index contributed by atoms with van der Waals surface area (Å²) in [6, 6.07) is 8.87. The number of hydrogen-bond donors (Lipinski definition) is 1. The van der Waals surface area contributed by atoms with Gasteiger partial charge in [0.25, 0.3) is 5.91 Å². The normalized spacial score (nSPS) is 14.3. The molecule has 0 bridgehead atoms. The van der Waals surface area contributed by atoms with Crippen molar-refractivity contribution in [2.24, 2.45) is 0 Å². The van der Waals surface area contributed by atoms with Crippen LogP contribution >= 0.6 is 11.6 Å². The molecular weight excluding hydrogens is 342 g/mol. The topological polar surface area (TPSA) is 78.4 Å². The van der Waals surface area contributed by atoms with E-state index in [2.05, 4.69) is 15.3 Å². The molecule has 8 heteroatoms. The number of carbonyl (C=O) groups excluding carboxylic acids is 2. The van der Waals surface area contributed by atoms with E-state index in [-0.39, 0.29) is 5.91 Å². The third kappa shape index (κ3) is 4.45. The number of carbonyl (C=O) groups is 2. The molecule has 1 N–H and O–H groups in total. The summed E-state index contributed by atoms with van der Waals surface area (Å²) >= 11 is 5.85. The molecule has 1 saturated heterocycles. The predicted octanol–water partition coefficient (Wildman–Crippen LogP) is 1.34. The number of anilines is 1. The molecule has 2 aromatic rings. The molecule has 1 aliphatic rings. The van der Waals surface area contributed by atoms with Gasteiger partial charge in [0.15, 0.2) is 0 Å². The Kier molecular flexibility index (Phi) is 5.45. The van der Waals surface area contributed by atoms with Crippen LogP contribution in [0.1, 0.15) is 16.1 Å². The van der Waals surface area contributed by atoms with Gasteiger partial charge in [-0.1, -0.05) is 23.7 Å². The Morgan fingerprint density at radius 3 is 2.56 bits per heavy atom. The van der Waals surface area contributed by atoms with Gasteiger partial charge in [0, 0.05) is 43.9 Å². The van der Waals surface area contributed by atoms with E-state index in [1.807, 2.05) is 17.0 Å². The van der Waals surface area contributed by atoms with Crippen molar-refractivity contribution in [2.75, 3.05) is 31.1 Å². The van der Waals surface area contributed by atoms with Crippen molar-refractivity contribution in [3.05, 3.63) is 52.8 Å². The summed E-state index contributed by atoms with van der Waals surface area (Å²) in [6.07, 6.45) is 2.42. The average Bonchev–Trinajstić information content (AvgIpc) is 2.67. The Morgan fingerprint density at radius 1 is 1.16 bits per heavy atom. The summed E-state index contributed by atoms with van der Waals surface area (Å²) in [7, 11) is 0. The summed E-state index contributed by atoms with van der Waals surface area (Å²) < 4.78 is 0. The fourth-order valence-electron chi connectivity index (χ4n) is 2.53. The van der Waals surface area contributed by atoms with Gasteiger partial charge in [-0.3, -0.25) is 9.59 Å². The van der Waals surface area contributed by atoms with Gasteiger partial charge in [-0.25, -0.2) is 9.97 Å². The molecule has 2 heterocycles. The van der Waals surface area contributed by atoms with Crippen molar-refractivity contribution in [3.8, 4) is 0 Å². The molecule has 3 rings (SSSR count). The van der Waals surface area contributed by atoms with Crippen LogP contribution in [0.25, 0.3) is 0 Å². The van der Waals surface area contributed by atoms with E-state index in [0.717, 1.165) is 12.0 Å². The van der Waals surface area contributed by atoms with Crippen LogP contribution in [-0.2, 0) is 11.3 Å². The van der Waals surface area contributed by atoms with E-state index in [9.17, 15) is 9.59 Å². The average molecular weight is 360 g/mol. The smallest absolute Gasteiger partial charge is 0.270 e. The minimum absolute atomic E-state index is 0.259. The molecule has 0 radical (unpaired) electrons. The quantitative estimate of drug-likeness (QED) is 0.815. The maximum atomic E-state index is 12.3. The lowest BCUT2D eigenvalue weighted by molar-refractivity contribution is -0.118. The fourth-order valence-corrected chi connectivity index (χ4v) is 2.66. The third-order valence-electron chi connectivity index (χ3n) is 3.99. The molecule has 0 saturated carbocycles. The Morgan fingerprint density at radius 2 is 1.88 bits per heavy atom. The number of nitrogens with one attached hydrogen (secondary N) is 1. The van der Waals surface area contributed by atoms with Gasteiger partial charge in [0.05, 0.1) is 0 Å². The van der Waals surface area contributed by atoms with E-state index < -0.39 is 0 Å². The van der Waals surface area contributed by atoms with E-state index in [1.54, 1.807) is 29.3 Å². The van der Waals surface area contributed by atoms with Crippen LogP contribution < -0.4 is 10.2 Å². The minimum Gasteiger partial charge on any atom is -0.347 e. The summed E-state index contributed by atoms with van der Waals surface area (Å²) in [5.74, 6) is 0.245. The summed E-state index contributed by atoms with van der Waals surface area (Å²) in [4.78, 5) is 35.3. The van der Waals surface area contributed by atoms with Crippen molar-refractivity contribution in [3.63, 3.8) is 0 Å². The molecule has 0 atom stereocenters. The van der Waals surface area contributed by atoms with Gasteiger partial charge >= 0.3 is 0 Å². The highest BCUT2D eigenvalue weighted by molar-refractivity contribution is 6.30. The standard InChI is InChI=1S/C17H18ClN5O2/c18-14-3-1-13(2-4-14)11-20-16(25)15-5-6-19-17(21-15)23-9-7-22(12-24)8-10-23/h1-6,12H,7-11H2,(H,20,25). The van der Waals surface area contributed by atoms with Crippen molar-refractivity contribution in [2.45, 2.75) is 6.54 Å². The minimum atomic E-state index is -0.259. The predicted molar refractivity (Wildman–Crippen MR) is 94.5 cm³/mol. The number of aromatic nitrogens is 2. The second kappa shape index (κ2) is 7.94. The number of amides is 2. The summed E-state index contributed by atoms with van der Waals surface area (Å²) in [5.41, 5.74) is 1.27. The largest absolute Gasteiger partial charge is 0.347 e. The van der Waals surface area contributed by atoms with E-state index in [1.165, 1.54) is 0 Å². The van der Waals surface area contributed by atoms with Crippen LogP contribution in [0.4, 0.5) is 5.95 Å². The number of benzene rings is 1. The first-order valence-electron chi connectivity index (χ1n) is 7.96. The van der Waals surface area contributed by atoms with E-state index >= 15 is 0 Å². The van der Waals surface area contributed by atoms with E-state index in [0.29, 0.717) is 49.4 Å². The first-order chi connectivity index (χ1) is 12.2. The zero-order chi connectivity index (χ0) is 17.6. The zero-order valence-corrected chi connectivity index (χ0v) is 14.3. The number of nitrogens with zero attached hydrogens (tertiary/aromatic N) is 4. The van der Waals surface area contributed by atoms with Gasteiger partial charge in [0.1, 0.15) is 5.69 Å². The molecule has 1 aliphatic heterocycles. The highest BCUT2D eigenvalue weighted by atomic mass is 35.5. The molecule has 2 amide bonds. The van der Waals surface area contributed by atoms with Crippen molar-refractivity contribution >= 4 is 29.9 Å². The SMILES string of the molecule is O=CN1CCN(c2nccc(C(=O)NCc3ccc(Cl)cc3)n2)CC1. The zero-order valence-electron chi connectivity index (χ0n) is 13.6. The first-order valence-corrected chi connectivity index (χ1v) is 8.33. The highest BCUT2D eigenvalue weighted by Crippen LogP contribution is 2.12. The molecule has 1 aromatic carbocycles. The van der Waals surface area contributed by atoms with Crippen LogP contribution in [0.5, 0.6) is 0 Å². The molecule has 0 unspecified atom stereocenters. The maximum absolute atomic E-state index is 12.3. The monoisotopic (exact) mass is 359 g/mol. The van der Waals surface area contributed by atoms with Gasteiger partial charge in [-0.15, -0.1) is 0 Å². The van der Waals surface area contributed by atoms with Crippen molar-refractivity contribution in [1.82, 2.24) is 20.2 Å². The molecule has 25 heavy (non-hydrogen) atoms. The van der Waals surface area contributed by atoms with Gasteiger partial charge in [-0.05, 0) is 23.8 Å². The lowest BCUT2D eigenvalue weighted by Gasteiger charge is -2.32. The molecule has 130 valence electrons. The number of piperazine rings is 1. The summed E-state index contributed by atoms with van der Waals surface area (Å²) in [5, 5.41) is 3.49. The molecule has 0 aliphatic carbocycles. The lowest BCUT2D eigenvalue weighted by atomic mass is 10.2. The second-order valence-electron chi connectivity index (χ2n) is 5.68. The lowest BCUT2D eigenvalue weighted by Crippen LogP contribution is -2.46. The molecule has 1 aromatic heterocycles. The van der Waals surface area contributed by atoms with Crippen LogP contribution in [0, 0.1) is 0 Å². The number of rotatable bonds is 5. The maximum Gasteiger partial charge on any atom is 0.270 e. The van der Waals surface area contributed by atoms with Crippen LogP contribution in [-0.4, -0.2) is 53.4 Å². The van der Waals surface area contributed by atoms with Crippen molar-refractivity contribution < 1.29 is 9.59 Å². The molecular formula is C17H18ClN5O2. The van der Waals surface area contributed by atoms with Crippen LogP contribution in [0.3, 0.4) is 0 Å². The summed E-state index contributed by atoms with van der Waals surface area (Å²) in [6.45, 7) is 2.94. The molecule has 0 spiro atoms. The molecule has 7 nitrogen and oxygen atoms in total. The van der Waals surface area contributed by atoms with Gasteiger partial charge < -0.3 is 15.1 Å². The number of hydrogen-bond acceptors (Lipinski definition) is 5. The van der Waals surface area contributed by atoms with E-state index in [4.69, 9.17) is 11.6 Å². The Bertz CT molecular complexity index is 745. The second-order valence-corrected chi connectivity index (χ2v) is 6.12. The van der Waals surface area contributed by atoms with Gasteiger partial charge in [-0.2, -0.15) is 0 Å².